The molecular weight excluding hydrogens is 356 g/mol. The zero-order valence-electron chi connectivity index (χ0n) is 15.4. The number of benzene rings is 1. The molecule has 0 aromatic heterocycles. The van der Waals surface area contributed by atoms with Crippen molar-refractivity contribution in [2.24, 2.45) is 0 Å². The number of carbonyl (C=O) groups is 2. The number of nitrogens with one attached hydrogen (secondary N) is 1. The van der Waals surface area contributed by atoms with Crippen LogP contribution in [0.25, 0.3) is 0 Å². The van der Waals surface area contributed by atoms with Crippen LogP contribution in [-0.4, -0.2) is 42.7 Å². The SMILES string of the molecule is CCOC(=O)C1=C(C)NC(=S)N(C(C)=O)[C@H]1c1ccc(OC)c(OC)c1. The van der Waals surface area contributed by atoms with Gasteiger partial charge in [0.05, 0.1) is 32.4 Å². The topological polar surface area (TPSA) is 77.1 Å². The van der Waals surface area contributed by atoms with E-state index >= 15 is 0 Å². The Morgan fingerprint density at radius 2 is 1.88 bits per heavy atom. The molecule has 1 amide bonds. The molecule has 1 atom stereocenters. The summed E-state index contributed by atoms with van der Waals surface area (Å²) >= 11 is 5.32. The van der Waals surface area contributed by atoms with Crippen LogP contribution in [0.4, 0.5) is 0 Å². The van der Waals surface area contributed by atoms with E-state index in [2.05, 4.69) is 5.32 Å². The van der Waals surface area contributed by atoms with E-state index in [9.17, 15) is 9.59 Å². The molecule has 8 heteroatoms. The molecule has 1 aromatic carbocycles. The molecule has 0 saturated carbocycles. The molecule has 26 heavy (non-hydrogen) atoms. The van der Waals surface area contributed by atoms with Gasteiger partial charge in [-0.2, -0.15) is 0 Å². The number of hydrogen-bond donors (Lipinski definition) is 1. The van der Waals surface area contributed by atoms with Crippen molar-refractivity contribution in [3.05, 3.63) is 35.0 Å². The number of carbonyl (C=O) groups excluding carboxylic acids is 2. The standard InChI is InChI=1S/C18H22N2O5S/c1-6-25-17(22)15-10(2)19-18(26)20(11(3)21)16(15)12-7-8-13(23-4)14(9-12)24-5/h7-9,16H,6H2,1-5H3,(H,19,26)/t16-/m0/s1. The second-order valence-corrected chi connectivity index (χ2v) is 5.98. The third kappa shape index (κ3) is 3.65. The Labute approximate surface area is 157 Å². The monoisotopic (exact) mass is 378 g/mol. The molecule has 7 nitrogen and oxygen atoms in total. The van der Waals surface area contributed by atoms with Crippen LogP contribution in [0.1, 0.15) is 32.4 Å². The average Bonchev–Trinajstić information content (AvgIpc) is 2.60. The average molecular weight is 378 g/mol. The second kappa shape index (κ2) is 8.18. The van der Waals surface area contributed by atoms with E-state index in [-0.39, 0.29) is 17.6 Å². The number of allylic oxidation sites excluding steroid dienone is 1. The van der Waals surface area contributed by atoms with E-state index < -0.39 is 12.0 Å². The summed E-state index contributed by atoms with van der Waals surface area (Å²) in [5.41, 5.74) is 1.53. The van der Waals surface area contributed by atoms with Crippen LogP contribution >= 0.6 is 12.2 Å². The number of rotatable bonds is 5. The highest BCUT2D eigenvalue weighted by Gasteiger charge is 2.39. The fourth-order valence-electron chi connectivity index (χ4n) is 2.88. The molecule has 0 bridgehead atoms. The molecule has 0 unspecified atom stereocenters. The van der Waals surface area contributed by atoms with Crippen LogP contribution in [0.3, 0.4) is 0 Å². The van der Waals surface area contributed by atoms with E-state index in [0.29, 0.717) is 28.3 Å². The fourth-order valence-corrected chi connectivity index (χ4v) is 3.26. The Morgan fingerprint density at radius 1 is 1.23 bits per heavy atom. The molecule has 2 rings (SSSR count). The van der Waals surface area contributed by atoms with E-state index in [0.717, 1.165) is 0 Å². The minimum atomic E-state index is -0.722. The molecule has 1 aliphatic rings. The largest absolute Gasteiger partial charge is 0.493 e. The predicted octanol–water partition coefficient (Wildman–Crippen LogP) is 2.32. The van der Waals surface area contributed by atoms with Gasteiger partial charge < -0.3 is 19.5 Å². The molecule has 0 aliphatic carbocycles. The smallest absolute Gasteiger partial charge is 0.338 e. The quantitative estimate of drug-likeness (QED) is 0.622. The van der Waals surface area contributed by atoms with Crippen LogP contribution < -0.4 is 14.8 Å². The summed E-state index contributed by atoms with van der Waals surface area (Å²) < 4.78 is 15.8. The van der Waals surface area contributed by atoms with Crippen LogP contribution in [0.5, 0.6) is 11.5 Å². The van der Waals surface area contributed by atoms with Gasteiger partial charge in [-0.3, -0.25) is 9.69 Å². The van der Waals surface area contributed by atoms with Gasteiger partial charge in [0.25, 0.3) is 0 Å². The summed E-state index contributed by atoms with van der Waals surface area (Å²) in [5, 5.41) is 3.14. The number of amides is 1. The molecule has 0 spiro atoms. The Kier molecular flexibility index (Phi) is 6.20. The summed E-state index contributed by atoms with van der Waals surface area (Å²) in [6.45, 7) is 5.07. The zero-order chi connectivity index (χ0) is 19.4. The van der Waals surface area contributed by atoms with Crippen molar-refractivity contribution >= 4 is 29.2 Å². The number of thiocarbonyl (C=S) groups is 1. The zero-order valence-corrected chi connectivity index (χ0v) is 16.2. The first-order valence-corrected chi connectivity index (χ1v) is 8.47. The Bertz CT molecular complexity index is 775. The van der Waals surface area contributed by atoms with Crippen molar-refractivity contribution < 1.29 is 23.8 Å². The van der Waals surface area contributed by atoms with Gasteiger partial charge in [-0.1, -0.05) is 6.07 Å². The van der Waals surface area contributed by atoms with Gasteiger partial charge in [0.2, 0.25) is 5.91 Å². The minimum absolute atomic E-state index is 0.221. The molecule has 1 aromatic rings. The van der Waals surface area contributed by atoms with Gasteiger partial charge >= 0.3 is 5.97 Å². The first-order valence-electron chi connectivity index (χ1n) is 8.06. The molecule has 0 saturated heterocycles. The highest BCUT2D eigenvalue weighted by atomic mass is 32.1. The first-order chi connectivity index (χ1) is 12.3. The summed E-state index contributed by atoms with van der Waals surface area (Å²) in [7, 11) is 3.05. The molecular formula is C18H22N2O5S. The number of nitrogens with zero attached hydrogens (tertiary/aromatic N) is 1. The van der Waals surface area contributed by atoms with Crippen molar-refractivity contribution in [3.63, 3.8) is 0 Å². The number of ether oxygens (including phenoxy) is 3. The second-order valence-electron chi connectivity index (χ2n) is 5.60. The number of esters is 1. The van der Waals surface area contributed by atoms with Gasteiger partial charge in [0.15, 0.2) is 16.6 Å². The number of methoxy groups -OCH3 is 2. The maximum Gasteiger partial charge on any atom is 0.338 e. The van der Waals surface area contributed by atoms with Crippen molar-refractivity contribution in [2.45, 2.75) is 26.8 Å². The van der Waals surface area contributed by atoms with Crippen LogP contribution in [-0.2, 0) is 14.3 Å². The van der Waals surface area contributed by atoms with Crippen molar-refractivity contribution in [1.82, 2.24) is 10.2 Å². The third-order valence-electron chi connectivity index (χ3n) is 4.01. The van der Waals surface area contributed by atoms with E-state index in [1.54, 1.807) is 32.0 Å². The predicted molar refractivity (Wildman–Crippen MR) is 99.9 cm³/mol. The summed E-state index contributed by atoms with van der Waals surface area (Å²) in [6.07, 6.45) is 0. The Morgan fingerprint density at radius 3 is 2.42 bits per heavy atom. The highest BCUT2D eigenvalue weighted by molar-refractivity contribution is 7.80. The fraction of sp³-hybridized carbons (Fsp3) is 0.389. The lowest BCUT2D eigenvalue weighted by atomic mass is 9.93. The Balaban J connectivity index is 2.67. The molecule has 140 valence electrons. The molecule has 1 heterocycles. The van der Waals surface area contributed by atoms with Crippen LogP contribution in [0.15, 0.2) is 29.5 Å². The van der Waals surface area contributed by atoms with Gasteiger partial charge in [-0.25, -0.2) is 4.79 Å². The highest BCUT2D eigenvalue weighted by Crippen LogP contribution is 2.38. The van der Waals surface area contributed by atoms with Crippen molar-refractivity contribution in [1.29, 1.82) is 0 Å². The molecule has 1 N–H and O–H groups in total. The van der Waals surface area contributed by atoms with Crippen molar-refractivity contribution in [2.75, 3.05) is 20.8 Å². The van der Waals surface area contributed by atoms with Gasteiger partial charge in [-0.15, -0.1) is 0 Å². The van der Waals surface area contributed by atoms with Gasteiger partial charge in [0.1, 0.15) is 0 Å². The molecule has 1 aliphatic heterocycles. The first kappa shape index (κ1) is 19.7. The third-order valence-corrected chi connectivity index (χ3v) is 4.31. The van der Waals surface area contributed by atoms with Crippen LogP contribution in [0.2, 0.25) is 0 Å². The minimum Gasteiger partial charge on any atom is -0.493 e. The van der Waals surface area contributed by atoms with Gasteiger partial charge in [-0.05, 0) is 43.8 Å². The van der Waals surface area contributed by atoms with E-state index in [1.165, 1.54) is 26.0 Å². The summed E-state index contributed by atoms with van der Waals surface area (Å²) in [4.78, 5) is 26.2. The summed E-state index contributed by atoms with van der Waals surface area (Å²) in [6, 6.07) is 4.48. The number of hydrogen-bond acceptors (Lipinski definition) is 6. The Hall–Kier alpha value is -2.61. The van der Waals surface area contributed by atoms with Crippen molar-refractivity contribution in [3.8, 4) is 11.5 Å². The normalized spacial score (nSPS) is 16.9. The maximum atomic E-state index is 12.6. The van der Waals surface area contributed by atoms with Gasteiger partial charge in [0, 0.05) is 12.6 Å². The molecule has 0 fully saturated rings. The molecule has 0 radical (unpaired) electrons. The lowest BCUT2D eigenvalue weighted by Crippen LogP contribution is -2.50. The van der Waals surface area contributed by atoms with E-state index in [1.807, 2.05) is 0 Å². The maximum absolute atomic E-state index is 12.6. The van der Waals surface area contributed by atoms with E-state index in [4.69, 9.17) is 26.4 Å². The lowest BCUT2D eigenvalue weighted by Gasteiger charge is -2.37. The van der Waals surface area contributed by atoms with Crippen LogP contribution in [0, 0.1) is 0 Å². The lowest BCUT2D eigenvalue weighted by molar-refractivity contribution is -0.139. The summed E-state index contributed by atoms with van der Waals surface area (Å²) in [5.74, 6) is 0.224.